The minimum atomic E-state index is 0.0514. The highest BCUT2D eigenvalue weighted by atomic mass is 16.5. The average Bonchev–Trinajstić information content (AvgIpc) is 2.81. The van der Waals surface area contributed by atoms with Gasteiger partial charge in [-0.05, 0) is 12.5 Å². The highest BCUT2D eigenvalue weighted by molar-refractivity contribution is 5.51. The van der Waals surface area contributed by atoms with Gasteiger partial charge in [0.2, 0.25) is 0 Å². The van der Waals surface area contributed by atoms with E-state index >= 15 is 0 Å². The zero-order valence-electron chi connectivity index (χ0n) is 8.89. The van der Waals surface area contributed by atoms with Gasteiger partial charge in [-0.25, -0.2) is 0 Å². The molecular formula is C11H16N2O2. The number of hydrogen-bond acceptors (Lipinski definition) is 4. The number of hydrogen-bond donors (Lipinski definition) is 1. The van der Waals surface area contributed by atoms with E-state index in [0.29, 0.717) is 6.04 Å². The van der Waals surface area contributed by atoms with Gasteiger partial charge in [-0.15, -0.1) is 0 Å². The number of pyridine rings is 1. The molecule has 4 nitrogen and oxygen atoms in total. The van der Waals surface area contributed by atoms with Gasteiger partial charge in [0, 0.05) is 25.4 Å². The van der Waals surface area contributed by atoms with Crippen LogP contribution in [0.2, 0.25) is 0 Å². The minimum absolute atomic E-state index is 0.0514. The van der Waals surface area contributed by atoms with Crippen molar-refractivity contribution in [3.8, 4) is 0 Å². The normalized spacial score (nSPS) is 20.5. The molecule has 0 aliphatic carbocycles. The number of nitrogens with zero attached hydrogens (tertiary/aromatic N) is 2. The smallest absolute Gasteiger partial charge is 0.0703 e. The van der Waals surface area contributed by atoms with Gasteiger partial charge in [0.1, 0.15) is 0 Å². The summed E-state index contributed by atoms with van der Waals surface area (Å²) in [6, 6.07) is 2.25. The van der Waals surface area contributed by atoms with Crippen LogP contribution < -0.4 is 4.90 Å². The largest absolute Gasteiger partial charge is 0.392 e. The Morgan fingerprint density at radius 1 is 1.67 bits per heavy atom. The SMILES string of the molecule is CN(c1cnccc1CO)C1CCOC1. The maximum absolute atomic E-state index is 9.22. The molecule has 15 heavy (non-hydrogen) atoms. The molecule has 0 spiro atoms. The van der Waals surface area contributed by atoms with Crippen LogP contribution in [0.4, 0.5) is 5.69 Å². The quantitative estimate of drug-likeness (QED) is 0.798. The molecule has 0 saturated carbocycles. The summed E-state index contributed by atoms with van der Waals surface area (Å²) in [4.78, 5) is 6.24. The van der Waals surface area contributed by atoms with Crippen LogP contribution in [0.5, 0.6) is 0 Å². The summed E-state index contributed by atoms with van der Waals surface area (Å²) in [5.74, 6) is 0. The molecule has 1 aromatic rings. The standard InChI is InChI=1S/C11H16N2O2/c1-13(10-3-5-15-8-10)11-6-12-4-2-9(11)7-14/h2,4,6,10,14H,3,5,7-8H2,1H3. The predicted molar refractivity (Wildman–Crippen MR) is 57.8 cm³/mol. The first-order valence-corrected chi connectivity index (χ1v) is 5.17. The highest BCUT2D eigenvalue weighted by Crippen LogP contribution is 2.23. The fraction of sp³-hybridized carbons (Fsp3) is 0.545. The number of anilines is 1. The van der Waals surface area contributed by atoms with Crippen molar-refractivity contribution in [2.24, 2.45) is 0 Å². The van der Waals surface area contributed by atoms with Crippen molar-refractivity contribution in [3.05, 3.63) is 24.0 Å². The van der Waals surface area contributed by atoms with Gasteiger partial charge in [0.05, 0.1) is 31.1 Å². The summed E-state index contributed by atoms with van der Waals surface area (Å²) in [6.45, 7) is 1.63. The van der Waals surface area contributed by atoms with Gasteiger partial charge in [-0.1, -0.05) is 0 Å². The fourth-order valence-electron chi connectivity index (χ4n) is 1.89. The Kier molecular flexibility index (Phi) is 3.18. The Morgan fingerprint density at radius 2 is 2.53 bits per heavy atom. The molecule has 0 radical (unpaired) electrons. The Morgan fingerprint density at radius 3 is 3.20 bits per heavy atom. The number of rotatable bonds is 3. The molecule has 1 fully saturated rings. The Bertz CT molecular complexity index is 324. The maximum atomic E-state index is 9.22. The van der Waals surface area contributed by atoms with E-state index in [1.165, 1.54) is 0 Å². The summed E-state index contributed by atoms with van der Waals surface area (Å²) in [5, 5.41) is 9.22. The molecule has 1 aliphatic rings. The second-order valence-corrected chi connectivity index (χ2v) is 3.79. The van der Waals surface area contributed by atoms with Crippen LogP contribution in [0.1, 0.15) is 12.0 Å². The van der Waals surface area contributed by atoms with Crippen molar-refractivity contribution in [3.63, 3.8) is 0 Å². The van der Waals surface area contributed by atoms with Gasteiger partial charge in [0.25, 0.3) is 0 Å². The van der Waals surface area contributed by atoms with E-state index in [2.05, 4.69) is 9.88 Å². The van der Waals surface area contributed by atoms with E-state index in [0.717, 1.165) is 30.9 Å². The molecule has 1 saturated heterocycles. The Hall–Kier alpha value is -1.13. The zero-order chi connectivity index (χ0) is 10.7. The van der Waals surface area contributed by atoms with E-state index in [-0.39, 0.29) is 6.61 Å². The molecule has 1 aliphatic heterocycles. The monoisotopic (exact) mass is 208 g/mol. The first-order chi connectivity index (χ1) is 7.33. The van der Waals surface area contributed by atoms with Gasteiger partial charge in [-0.3, -0.25) is 4.98 Å². The third-order valence-corrected chi connectivity index (χ3v) is 2.89. The second-order valence-electron chi connectivity index (χ2n) is 3.79. The summed E-state index contributed by atoms with van der Waals surface area (Å²) >= 11 is 0. The number of likely N-dealkylation sites (N-methyl/N-ethyl adjacent to an activating group) is 1. The molecular weight excluding hydrogens is 192 g/mol. The average molecular weight is 208 g/mol. The molecule has 1 unspecified atom stereocenters. The lowest BCUT2D eigenvalue weighted by Crippen LogP contribution is -2.32. The summed E-state index contributed by atoms with van der Waals surface area (Å²) in [7, 11) is 2.02. The Balaban J connectivity index is 2.19. The van der Waals surface area contributed by atoms with E-state index in [1.807, 2.05) is 13.1 Å². The molecule has 0 bridgehead atoms. The van der Waals surface area contributed by atoms with Crippen LogP contribution >= 0.6 is 0 Å². The van der Waals surface area contributed by atoms with Crippen molar-refractivity contribution < 1.29 is 9.84 Å². The minimum Gasteiger partial charge on any atom is -0.392 e. The summed E-state index contributed by atoms with van der Waals surface area (Å²) < 4.78 is 5.35. The predicted octanol–water partition coefficient (Wildman–Crippen LogP) is 0.799. The van der Waals surface area contributed by atoms with Gasteiger partial charge < -0.3 is 14.7 Å². The highest BCUT2D eigenvalue weighted by Gasteiger charge is 2.21. The van der Waals surface area contributed by atoms with Crippen molar-refractivity contribution >= 4 is 5.69 Å². The van der Waals surface area contributed by atoms with Crippen LogP contribution in [0.3, 0.4) is 0 Å². The van der Waals surface area contributed by atoms with Gasteiger partial charge in [-0.2, -0.15) is 0 Å². The molecule has 1 aromatic heterocycles. The van der Waals surface area contributed by atoms with E-state index < -0.39 is 0 Å². The maximum Gasteiger partial charge on any atom is 0.0703 e. The zero-order valence-corrected chi connectivity index (χ0v) is 8.89. The third-order valence-electron chi connectivity index (χ3n) is 2.89. The molecule has 2 rings (SSSR count). The second kappa shape index (κ2) is 4.59. The third kappa shape index (κ3) is 2.11. The molecule has 2 heterocycles. The number of ether oxygens (including phenoxy) is 1. The van der Waals surface area contributed by atoms with Gasteiger partial charge >= 0.3 is 0 Å². The molecule has 82 valence electrons. The first-order valence-electron chi connectivity index (χ1n) is 5.17. The number of aromatic nitrogens is 1. The lowest BCUT2D eigenvalue weighted by Gasteiger charge is -2.26. The van der Waals surface area contributed by atoms with Crippen LogP contribution in [-0.4, -0.2) is 36.4 Å². The van der Waals surface area contributed by atoms with Crippen LogP contribution in [0.15, 0.2) is 18.5 Å². The fourth-order valence-corrected chi connectivity index (χ4v) is 1.89. The van der Waals surface area contributed by atoms with Crippen molar-refractivity contribution in [2.45, 2.75) is 19.1 Å². The van der Waals surface area contributed by atoms with E-state index in [1.54, 1.807) is 12.4 Å². The summed E-state index contributed by atoms with van der Waals surface area (Å²) in [6.07, 6.45) is 4.54. The first kappa shape index (κ1) is 10.4. The van der Waals surface area contributed by atoms with Crippen molar-refractivity contribution in [1.82, 2.24) is 4.98 Å². The summed E-state index contributed by atoms with van der Waals surface area (Å²) in [5.41, 5.74) is 1.91. The lowest BCUT2D eigenvalue weighted by molar-refractivity contribution is 0.193. The number of aliphatic hydroxyl groups excluding tert-OH is 1. The topological polar surface area (TPSA) is 45.6 Å². The van der Waals surface area contributed by atoms with Crippen LogP contribution in [0, 0.1) is 0 Å². The van der Waals surface area contributed by atoms with Crippen LogP contribution in [-0.2, 0) is 11.3 Å². The Labute approximate surface area is 89.5 Å². The van der Waals surface area contributed by atoms with E-state index in [9.17, 15) is 5.11 Å². The molecule has 4 heteroatoms. The molecule has 1 atom stereocenters. The van der Waals surface area contributed by atoms with Crippen molar-refractivity contribution in [2.75, 3.05) is 25.2 Å². The molecule has 1 N–H and O–H groups in total. The molecule has 0 amide bonds. The van der Waals surface area contributed by atoms with E-state index in [4.69, 9.17) is 4.74 Å². The molecule has 0 aromatic carbocycles. The van der Waals surface area contributed by atoms with Gasteiger partial charge in [0.15, 0.2) is 0 Å². The van der Waals surface area contributed by atoms with Crippen LogP contribution in [0.25, 0.3) is 0 Å². The lowest BCUT2D eigenvalue weighted by atomic mass is 10.1. The van der Waals surface area contributed by atoms with Crippen molar-refractivity contribution in [1.29, 1.82) is 0 Å². The number of aliphatic hydroxyl groups is 1.